The van der Waals surface area contributed by atoms with E-state index in [1.807, 2.05) is 0 Å². The van der Waals surface area contributed by atoms with E-state index in [1.165, 1.54) is 0 Å². The number of para-hydroxylation sites is 1. The molecule has 8 heteroatoms. The average molecular weight is 307 g/mol. The van der Waals surface area contributed by atoms with Gasteiger partial charge in [-0.3, -0.25) is 4.79 Å². The van der Waals surface area contributed by atoms with Gasteiger partial charge in [-0.05, 0) is 12.1 Å². The molecular formula is C11H6ClF3N2OS. The highest BCUT2D eigenvalue weighted by Gasteiger charge is 2.39. The van der Waals surface area contributed by atoms with Crippen LogP contribution >= 0.6 is 22.9 Å². The summed E-state index contributed by atoms with van der Waals surface area (Å²) in [5.74, 6) is -0.886. The number of carbonyl (C=O) groups excluding carboxylic acids is 1. The molecule has 3 nitrogen and oxygen atoms in total. The number of hydrogen-bond donors (Lipinski definition) is 1. The molecule has 0 aliphatic heterocycles. The molecule has 100 valence electrons. The van der Waals surface area contributed by atoms with Crippen molar-refractivity contribution in [3.05, 3.63) is 45.4 Å². The zero-order chi connectivity index (χ0) is 14.0. The molecule has 1 aromatic heterocycles. The van der Waals surface area contributed by atoms with Gasteiger partial charge in [0.05, 0.1) is 0 Å². The van der Waals surface area contributed by atoms with E-state index in [9.17, 15) is 18.0 Å². The van der Waals surface area contributed by atoms with Gasteiger partial charge in [0.15, 0.2) is 10.2 Å². The van der Waals surface area contributed by atoms with Crippen LogP contribution in [0.25, 0.3) is 0 Å². The quantitative estimate of drug-likeness (QED) is 0.909. The van der Waals surface area contributed by atoms with Crippen LogP contribution in [0.15, 0.2) is 30.3 Å². The maximum atomic E-state index is 12.7. The zero-order valence-corrected chi connectivity index (χ0v) is 10.7. The van der Waals surface area contributed by atoms with E-state index in [0.29, 0.717) is 17.0 Å². The molecule has 0 saturated carbocycles. The molecule has 0 spiro atoms. The highest BCUT2D eigenvalue weighted by Crippen LogP contribution is 2.36. The first-order chi connectivity index (χ1) is 8.88. The van der Waals surface area contributed by atoms with Crippen molar-refractivity contribution in [2.45, 2.75) is 6.18 Å². The van der Waals surface area contributed by atoms with Crippen LogP contribution in [0, 0.1) is 0 Å². The van der Waals surface area contributed by atoms with Crippen LogP contribution in [0.2, 0.25) is 4.47 Å². The van der Waals surface area contributed by atoms with E-state index >= 15 is 0 Å². The van der Waals surface area contributed by atoms with E-state index in [4.69, 9.17) is 11.6 Å². The number of nitrogens with one attached hydrogen (secondary N) is 1. The maximum Gasteiger partial charge on any atom is 0.435 e. The molecule has 0 atom stereocenters. The van der Waals surface area contributed by atoms with Crippen molar-refractivity contribution in [3.63, 3.8) is 0 Å². The van der Waals surface area contributed by atoms with E-state index in [0.717, 1.165) is 0 Å². The lowest BCUT2D eigenvalue weighted by molar-refractivity contribution is -0.141. The molecule has 0 radical (unpaired) electrons. The number of amides is 1. The standard InChI is InChI=1S/C11H6ClF3N2OS/c12-10-17-8(11(13,14)15)7(19-10)9(18)16-6-4-2-1-3-5-6/h1-5H,(H,16,18). The minimum absolute atomic E-state index is 0.328. The fourth-order valence-corrected chi connectivity index (χ4v) is 2.37. The molecule has 1 aromatic carbocycles. The van der Waals surface area contributed by atoms with Gasteiger partial charge in [-0.1, -0.05) is 41.1 Å². The van der Waals surface area contributed by atoms with Crippen molar-refractivity contribution in [3.8, 4) is 0 Å². The summed E-state index contributed by atoms with van der Waals surface area (Å²) in [6.45, 7) is 0. The lowest BCUT2D eigenvalue weighted by Gasteiger charge is -2.07. The second kappa shape index (κ2) is 5.18. The number of thiazole rings is 1. The molecule has 1 N–H and O–H groups in total. The number of rotatable bonds is 2. The van der Waals surface area contributed by atoms with Crippen LogP contribution < -0.4 is 5.32 Å². The molecule has 0 bridgehead atoms. The number of benzene rings is 1. The SMILES string of the molecule is O=C(Nc1ccccc1)c1sc(Cl)nc1C(F)(F)F. The third kappa shape index (κ3) is 3.24. The second-order valence-electron chi connectivity index (χ2n) is 3.46. The highest BCUT2D eigenvalue weighted by molar-refractivity contribution is 7.17. The predicted octanol–water partition coefficient (Wildman–Crippen LogP) is 4.07. The molecule has 19 heavy (non-hydrogen) atoms. The predicted molar refractivity (Wildman–Crippen MR) is 66.5 cm³/mol. The van der Waals surface area contributed by atoms with Crippen molar-refractivity contribution in [1.29, 1.82) is 0 Å². The van der Waals surface area contributed by atoms with Crippen molar-refractivity contribution in [1.82, 2.24) is 4.98 Å². The number of alkyl halides is 3. The topological polar surface area (TPSA) is 42.0 Å². The first kappa shape index (κ1) is 13.8. The number of anilines is 1. The van der Waals surface area contributed by atoms with Crippen LogP contribution in [0.5, 0.6) is 0 Å². The minimum Gasteiger partial charge on any atom is -0.321 e. The van der Waals surface area contributed by atoms with Gasteiger partial charge in [0.2, 0.25) is 0 Å². The maximum absolute atomic E-state index is 12.7. The summed E-state index contributed by atoms with van der Waals surface area (Å²) in [7, 11) is 0. The molecule has 0 unspecified atom stereocenters. The zero-order valence-electron chi connectivity index (χ0n) is 9.16. The Morgan fingerprint density at radius 1 is 1.26 bits per heavy atom. The van der Waals surface area contributed by atoms with Crippen molar-refractivity contribution >= 4 is 34.5 Å². The molecule has 2 rings (SSSR count). The van der Waals surface area contributed by atoms with Crippen molar-refractivity contribution in [2.75, 3.05) is 5.32 Å². The summed E-state index contributed by atoms with van der Waals surface area (Å²) in [6.07, 6.45) is -4.72. The number of aromatic nitrogens is 1. The summed E-state index contributed by atoms with van der Waals surface area (Å²) in [5.41, 5.74) is -0.874. The molecule has 1 heterocycles. The van der Waals surface area contributed by atoms with Gasteiger partial charge >= 0.3 is 6.18 Å². The van der Waals surface area contributed by atoms with Crippen LogP contribution in [-0.4, -0.2) is 10.9 Å². The van der Waals surface area contributed by atoms with Gasteiger partial charge in [0, 0.05) is 5.69 Å². The Bertz CT molecular complexity index is 598. The van der Waals surface area contributed by atoms with Gasteiger partial charge in [-0.15, -0.1) is 0 Å². The summed E-state index contributed by atoms with van der Waals surface area (Å²) in [4.78, 5) is 14.4. The largest absolute Gasteiger partial charge is 0.435 e. The Hall–Kier alpha value is -1.60. The van der Waals surface area contributed by atoms with E-state index < -0.39 is 22.7 Å². The van der Waals surface area contributed by atoms with Gasteiger partial charge in [-0.25, -0.2) is 4.98 Å². The van der Waals surface area contributed by atoms with Crippen molar-refractivity contribution in [2.24, 2.45) is 0 Å². The number of halogens is 4. The Labute approximate surface area is 115 Å². The average Bonchev–Trinajstić information content (AvgIpc) is 2.72. The Balaban J connectivity index is 2.30. The fourth-order valence-electron chi connectivity index (χ4n) is 1.35. The molecule has 2 aromatic rings. The minimum atomic E-state index is -4.72. The molecular weight excluding hydrogens is 301 g/mol. The fraction of sp³-hybridized carbons (Fsp3) is 0.0909. The van der Waals surface area contributed by atoms with E-state index in [2.05, 4.69) is 10.3 Å². The third-order valence-electron chi connectivity index (χ3n) is 2.11. The smallest absolute Gasteiger partial charge is 0.321 e. The third-order valence-corrected chi connectivity index (χ3v) is 3.27. The Morgan fingerprint density at radius 3 is 2.47 bits per heavy atom. The Morgan fingerprint density at radius 2 is 1.89 bits per heavy atom. The number of nitrogens with zero attached hydrogens (tertiary/aromatic N) is 1. The summed E-state index contributed by atoms with van der Waals surface area (Å²) < 4.78 is 37.7. The number of carbonyl (C=O) groups is 1. The Kier molecular flexibility index (Phi) is 3.77. The van der Waals surface area contributed by atoms with E-state index in [1.54, 1.807) is 30.3 Å². The number of hydrogen-bond acceptors (Lipinski definition) is 3. The molecule has 1 amide bonds. The van der Waals surface area contributed by atoms with Crippen LogP contribution in [0.1, 0.15) is 15.4 Å². The van der Waals surface area contributed by atoms with E-state index in [-0.39, 0.29) is 4.47 Å². The first-order valence-electron chi connectivity index (χ1n) is 4.98. The highest BCUT2D eigenvalue weighted by atomic mass is 35.5. The lowest BCUT2D eigenvalue weighted by Crippen LogP contribution is -2.17. The van der Waals surface area contributed by atoms with Gasteiger partial charge < -0.3 is 5.32 Å². The van der Waals surface area contributed by atoms with Crippen LogP contribution in [-0.2, 0) is 6.18 Å². The van der Waals surface area contributed by atoms with Crippen molar-refractivity contribution < 1.29 is 18.0 Å². The molecule has 0 saturated heterocycles. The second-order valence-corrected chi connectivity index (χ2v) is 5.04. The summed E-state index contributed by atoms with van der Waals surface area (Å²) in [5, 5.41) is 2.36. The normalized spacial score (nSPS) is 11.4. The van der Waals surface area contributed by atoms with Gasteiger partial charge in [0.25, 0.3) is 5.91 Å². The van der Waals surface area contributed by atoms with Gasteiger partial charge in [0.1, 0.15) is 4.88 Å². The van der Waals surface area contributed by atoms with Gasteiger partial charge in [-0.2, -0.15) is 13.2 Å². The first-order valence-corrected chi connectivity index (χ1v) is 6.17. The lowest BCUT2D eigenvalue weighted by atomic mass is 10.3. The monoisotopic (exact) mass is 306 g/mol. The van der Waals surface area contributed by atoms with Crippen LogP contribution in [0.3, 0.4) is 0 Å². The van der Waals surface area contributed by atoms with Crippen LogP contribution in [0.4, 0.5) is 18.9 Å². The molecule has 0 aliphatic rings. The summed E-state index contributed by atoms with van der Waals surface area (Å²) >= 11 is 5.94. The molecule has 0 fully saturated rings. The summed E-state index contributed by atoms with van der Waals surface area (Å²) in [6, 6.07) is 8.15. The molecule has 0 aliphatic carbocycles.